The van der Waals surface area contributed by atoms with Crippen molar-refractivity contribution in [3.63, 3.8) is 0 Å². The third kappa shape index (κ3) is 1.62. The zero-order valence-electron chi connectivity index (χ0n) is 9.42. The van der Waals surface area contributed by atoms with E-state index in [2.05, 4.69) is 37.9 Å². The summed E-state index contributed by atoms with van der Waals surface area (Å²) < 4.78 is 0. The fourth-order valence-electron chi connectivity index (χ4n) is 2.54. The maximum atomic E-state index is 10.4. The van der Waals surface area contributed by atoms with Crippen LogP contribution >= 0.6 is 0 Å². The lowest BCUT2D eigenvalue weighted by Gasteiger charge is -2.16. The van der Waals surface area contributed by atoms with E-state index in [1.54, 1.807) is 6.08 Å². The molecule has 1 saturated carbocycles. The number of hydrogen-bond donors (Lipinski definition) is 0. The maximum absolute atomic E-state index is 10.4. The van der Waals surface area contributed by atoms with E-state index in [1.165, 1.54) is 22.3 Å². The van der Waals surface area contributed by atoms with Crippen LogP contribution in [0.1, 0.15) is 35.1 Å². The van der Waals surface area contributed by atoms with Crippen LogP contribution < -0.4 is 0 Å². The molecule has 0 bridgehead atoms. The van der Waals surface area contributed by atoms with Crippen molar-refractivity contribution >= 4 is 6.08 Å². The SMILES string of the molecule is Cc1cc(C)c(C2(N=C=O)CC2)c(C)c1. The Labute approximate surface area is 90.0 Å². The first kappa shape index (κ1) is 10.1. The van der Waals surface area contributed by atoms with E-state index in [0.29, 0.717) is 0 Å². The van der Waals surface area contributed by atoms with Gasteiger partial charge in [0.25, 0.3) is 0 Å². The van der Waals surface area contributed by atoms with E-state index < -0.39 is 0 Å². The minimum atomic E-state index is -0.233. The second kappa shape index (κ2) is 3.32. The molecular formula is C13H15NO. The quantitative estimate of drug-likeness (QED) is 0.534. The third-order valence-corrected chi connectivity index (χ3v) is 3.13. The molecule has 0 spiro atoms. The van der Waals surface area contributed by atoms with E-state index in [-0.39, 0.29) is 5.54 Å². The Morgan fingerprint density at radius 2 is 1.73 bits per heavy atom. The summed E-state index contributed by atoms with van der Waals surface area (Å²) in [7, 11) is 0. The summed E-state index contributed by atoms with van der Waals surface area (Å²) in [5.74, 6) is 0. The van der Waals surface area contributed by atoms with Gasteiger partial charge in [0, 0.05) is 0 Å². The van der Waals surface area contributed by atoms with E-state index in [0.717, 1.165) is 12.8 Å². The van der Waals surface area contributed by atoms with Gasteiger partial charge in [0.1, 0.15) is 0 Å². The van der Waals surface area contributed by atoms with Crippen LogP contribution in [0.5, 0.6) is 0 Å². The predicted molar refractivity (Wildman–Crippen MR) is 59.7 cm³/mol. The van der Waals surface area contributed by atoms with E-state index in [9.17, 15) is 4.79 Å². The molecule has 2 rings (SSSR count). The van der Waals surface area contributed by atoms with Crippen LogP contribution in [-0.4, -0.2) is 6.08 Å². The van der Waals surface area contributed by atoms with Crippen molar-refractivity contribution in [3.05, 3.63) is 34.4 Å². The first-order chi connectivity index (χ1) is 7.09. The first-order valence-electron chi connectivity index (χ1n) is 5.26. The third-order valence-electron chi connectivity index (χ3n) is 3.13. The fraction of sp³-hybridized carbons (Fsp3) is 0.462. The average Bonchev–Trinajstić information content (AvgIpc) is 2.83. The molecule has 0 aliphatic heterocycles. The first-order valence-corrected chi connectivity index (χ1v) is 5.26. The number of hydrogen-bond acceptors (Lipinski definition) is 2. The standard InChI is InChI=1S/C13H15NO/c1-9-6-10(2)12(11(3)7-9)13(4-5-13)14-8-15/h6-7H,4-5H2,1-3H3. The lowest BCUT2D eigenvalue weighted by molar-refractivity contribution is 0.556. The fourth-order valence-corrected chi connectivity index (χ4v) is 2.54. The summed E-state index contributed by atoms with van der Waals surface area (Å²) in [5.41, 5.74) is 4.74. The molecule has 1 aliphatic carbocycles. The summed E-state index contributed by atoms with van der Waals surface area (Å²) in [6, 6.07) is 4.31. The number of carbonyl (C=O) groups excluding carboxylic acids is 1. The molecule has 78 valence electrons. The topological polar surface area (TPSA) is 29.4 Å². The molecule has 0 radical (unpaired) electrons. The van der Waals surface area contributed by atoms with Crippen LogP contribution in [0.25, 0.3) is 0 Å². The molecule has 1 fully saturated rings. The van der Waals surface area contributed by atoms with Crippen LogP contribution in [0.4, 0.5) is 0 Å². The molecule has 0 atom stereocenters. The van der Waals surface area contributed by atoms with Crippen LogP contribution in [0.15, 0.2) is 17.1 Å². The monoisotopic (exact) mass is 201 g/mol. The van der Waals surface area contributed by atoms with E-state index >= 15 is 0 Å². The van der Waals surface area contributed by atoms with Gasteiger partial charge in [-0.1, -0.05) is 17.7 Å². The molecule has 1 aromatic rings. The molecule has 0 heterocycles. The zero-order valence-corrected chi connectivity index (χ0v) is 9.42. The van der Waals surface area contributed by atoms with Gasteiger partial charge in [0.05, 0.1) is 5.54 Å². The Balaban J connectivity index is 2.58. The Bertz CT molecular complexity index is 429. The normalized spacial score (nSPS) is 17.0. The molecule has 2 heteroatoms. The van der Waals surface area contributed by atoms with Crippen molar-refractivity contribution < 1.29 is 4.79 Å². The van der Waals surface area contributed by atoms with Crippen molar-refractivity contribution in [1.29, 1.82) is 0 Å². The van der Waals surface area contributed by atoms with Crippen LogP contribution in [0, 0.1) is 20.8 Å². The second-order valence-corrected chi connectivity index (χ2v) is 4.51. The van der Waals surface area contributed by atoms with Crippen molar-refractivity contribution in [2.24, 2.45) is 4.99 Å². The highest BCUT2D eigenvalue weighted by molar-refractivity contribution is 5.48. The summed E-state index contributed by atoms with van der Waals surface area (Å²) in [5, 5.41) is 0. The van der Waals surface area contributed by atoms with Crippen molar-refractivity contribution in [2.45, 2.75) is 39.2 Å². The van der Waals surface area contributed by atoms with Crippen LogP contribution in [0.3, 0.4) is 0 Å². The van der Waals surface area contributed by atoms with Crippen LogP contribution in [-0.2, 0) is 10.3 Å². The molecule has 1 aliphatic rings. The van der Waals surface area contributed by atoms with Gasteiger partial charge in [0.15, 0.2) is 0 Å². The molecule has 0 N–H and O–H groups in total. The number of benzene rings is 1. The van der Waals surface area contributed by atoms with E-state index in [1.807, 2.05) is 0 Å². The van der Waals surface area contributed by atoms with Crippen LogP contribution in [0.2, 0.25) is 0 Å². The van der Waals surface area contributed by atoms with Gasteiger partial charge < -0.3 is 0 Å². The minimum absolute atomic E-state index is 0.233. The van der Waals surface area contributed by atoms with Crippen molar-refractivity contribution in [3.8, 4) is 0 Å². The lowest BCUT2D eigenvalue weighted by atomic mass is 9.93. The smallest absolute Gasteiger partial charge is 0.211 e. The molecule has 0 unspecified atom stereocenters. The second-order valence-electron chi connectivity index (χ2n) is 4.51. The highest BCUT2D eigenvalue weighted by Gasteiger charge is 2.46. The van der Waals surface area contributed by atoms with Gasteiger partial charge in [-0.15, -0.1) is 0 Å². The van der Waals surface area contributed by atoms with E-state index in [4.69, 9.17) is 0 Å². The largest absolute Gasteiger partial charge is 0.235 e. The highest BCUT2D eigenvalue weighted by atomic mass is 16.1. The minimum Gasteiger partial charge on any atom is -0.211 e. The molecule has 15 heavy (non-hydrogen) atoms. The maximum Gasteiger partial charge on any atom is 0.235 e. The number of rotatable bonds is 2. The molecule has 0 amide bonds. The molecule has 0 saturated heterocycles. The Morgan fingerprint density at radius 3 is 2.13 bits per heavy atom. The number of nitrogens with zero attached hydrogens (tertiary/aromatic N) is 1. The lowest BCUT2D eigenvalue weighted by Crippen LogP contribution is -2.08. The summed E-state index contributed by atoms with van der Waals surface area (Å²) in [6.45, 7) is 6.28. The van der Waals surface area contributed by atoms with Gasteiger partial charge in [-0.3, -0.25) is 0 Å². The number of aryl methyl sites for hydroxylation is 3. The number of aliphatic imine (C=N–C) groups is 1. The van der Waals surface area contributed by atoms with Gasteiger partial charge in [-0.25, -0.2) is 4.79 Å². The predicted octanol–water partition coefficient (Wildman–Crippen LogP) is 2.94. The Hall–Kier alpha value is -1.40. The van der Waals surface area contributed by atoms with Gasteiger partial charge >= 0.3 is 0 Å². The summed E-state index contributed by atoms with van der Waals surface area (Å²) in [4.78, 5) is 14.4. The molecule has 2 nitrogen and oxygen atoms in total. The molecular weight excluding hydrogens is 186 g/mol. The van der Waals surface area contributed by atoms with Gasteiger partial charge in [-0.05, 0) is 50.3 Å². The molecule has 1 aromatic carbocycles. The van der Waals surface area contributed by atoms with Gasteiger partial charge in [-0.2, -0.15) is 4.99 Å². The number of isocyanates is 1. The summed E-state index contributed by atoms with van der Waals surface area (Å²) in [6.07, 6.45) is 3.67. The molecule has 0 aromatic heterocycles. The highest BCUT2D eigenvalue weighted by Crippen LogP contribution is 2.51. The summed E-state index contributed by atoms with van der Waals surface area (Å²) >= 11 is 0. The van der Waals surface area contributed by atoms with Gasteiger partial charge in [0.2, 0.25) is 6.08 Å². The van der Waals surface area contributed by atoms with Crippen molar-refractivity contribution in [1.82, 2.24) is 0 Å². The Morgan fingerprint density at radius 1 is 1.20 bits per heavy atom. The average molecular weight is 201 g/mol. The van der Waals surface area contributed by atoms with Crippen molar-refractivity contribution in [2.75, 3.05) is 0 Å². The zero-order chi connectivity index (χ0) is 11.1. The Kier molecular flexibility index (Phi) is 2.24.